The van der Waals surface area contributed by atoms with Crippen molar-refractivity contribution in [3.8, 4) is 0 Å². The van der Waals surface area contributed by atoms with Crippen LogP contribution in [0.2, 0.25) is 0 Å². The number of ether oxygens (including phenoxy) is 1. The largest absolute Gasteiger partial charge is 0.451 e. The van der Waals surface area contributed by atoms with Gasteiger partial charge in [0.25, 0.3) is 5.91 Å². The molecule has 0 aliphatic carbocycles. The molecule has 11 heteroatoms. The quantitative estimate of drug-likeness (QED) is 0.683. The Morgan fingerprint density at radius 3 is 2.85 bits per heavy atom. The molecule has 2 aromatic heterocycles. The SMILES string of the molecule is Cc1cc(NC(=O)COC(=O)c2ccc(Br)s2)n(C2CCS(=O)(=O)C2)n1. The second-order valence-corrected chi connectivity index (χ2v) is 10.6. The Morgan fingerprint density at radius 1 is 1.46 bits per heavy atom. The molecular formula is C15H16BrN3O5S2. The first-order valence-corrected chi connectivity index (χ1v) is 11.2. The second kappa shape index (κ2) is 7.49. The Bertz CT molecular complexity index is 950. The van der Waals surface area contributed by atoms with Crippen molar-refractivity contribution in [2.24, 2.45) is 0 Å². The van der Waals surface area contributed by atoms with Gasteiger partial charge in [0.2, 0.25) is 0 Å². The summed E-state index contributed by atoms with van der Waals surface area (Å²) in [6.45, 7) is 1.31. The minimum Gasteiger partial charge on any atom is -0.451 e. The number of halogens is 1. The van der Waals surface area contributed by atoms with Crippen LogP contribution in [0.3, 0.4) is 0 Å². The highest BCUT2D eigenvalue weighted by molar-refractivity contribution is 9.11. The first-order chi connectivity index (χ1) is 12.2. The Kier molecular flexibility index (Phi) is 5.49. The predicted molar refractivity (Wildman–Crippen MR) is 100 cm³/mol. The lowest BCUT2D eigenvalue weighted by molar-refractivity contribution is -0.119. The van der Waals surface area contributed by atoms with E-state index in [1.54, 1.807) is 25.1 Å². The molecule has 3 rings (SSSR count). The Hall–Kier alpha value is -1.72. The molecule has 1 unspecified atom stereocenters. The summed E-state index contributed by atoms with van der Waals surface area (Å²) in [5.41, 5.74) is 0.657. The fourth-order valence-electron chi connectivity index (χ4n) is 2.66. The summed E-state index contributed by atoms with van der Waals surface area (Å²) >= 11 is 4.47. The second-order valence-electron chi connectivity index (χ2n) is 5.90. The van der Waals surface area contributed by atoms with Gasteiger partial charge in [-0.25, -0.2) is 17.9 Å². The van der Waals surface area contributed by atoms with Crippen molar-refractivity contribution in [3.63, 3.8) is 0 Å². The molecule has 1 atom stereocenters. The summed E-state index contributed by atoms with van der Waals surface area (Å²) in [7, 11) is -3.08. The van der Waals surface area contributed by atoms with Crippen LogP contribution in [-0.2, 0) is 19.4 Å². The van der Waals surface area contributed by atoms with Crippen LogP contribution in [0.5, 0.6) is 0 Å². The summed E-state index contributed by atoms with van der Waals surface area (Å²) in [4.78, 5) is 24.4. The van der Waals surface area contributed by atoms with Gasteiger partial charge in [-0.2, -0.15) is 5.10 Å². The molecule has 1 N–H and O–H groups in total. The monoisotopic (exact) mass is 461 g/mol. The van der Waals surface area contributed by atoms with Gasteiger partial charge >= 0.3 is 5.97 Å². The number of carbonyl (C=O) groups excluding carboxylic acids is 2. The molecule has 3 heterocycles. The van der Waals surface area contributed by atoms with Crippen LogP contribution in [-0.4, -0.2) is 48.2 Å². The molecule has 0 aromatic carbocycles. The number of esters is 1. The van der Waals surface area contributed by atoms with Crippen LogP contribution < -0.4 is 5.32 Å². The molecule has 1 fully saturated rings. The number of hydrogen-bond donors (Lipinski definition) is 1. The molecule has 0 spiro atoms. The van der Waals surface area contributed by atoms with Gasteiger partial charge in [-0.3, -0.25) is 4.79 Å². The number of amides is 1. The molecule has 1 amide bonds. The topological polar surface area (TPSA) is 107 Å². The van der Waals surface area contributed by atoms with Gasteiger partial charge in [-0.05, 0) is 41.4 Å². The highest BCUT2D eigenvalue weighted by Crippen LogP contribution is 2.27. The van der Waals surface area contributed by atoms with Crippen molar-refractivity contribution in [1.29, 1.82) is 0 Å². The van der Waals surface area contributed by atoms with Crippen LogP contribution in [0.1, 0.15) is 27.8 Å². The molecule has 2 aromatic rings. The smallest absolute Gasteiger partial charge is 0.348 e. The zero-order valence-corrected chi connectivity index (χ0v) is 17.0. The molecule has 1 aliphatic heterocycles. The number of anilines is 1. The summed E-state index contributed by atoms with van der Waals surface area (Å²) in [6, 6.07) is 4.67. The Morgan fingerprint density at radius 2 is 2.23 bits per heavy atom. The van der Waals surface area contributed by atoms with E-state index in [4.69, 9.17) is 4.74 Å². The van der Waals surface area contributed by atoms with Crippen molar-refractivity contribution in [2.75, 3.05) is 23.4 Å². The number of thiophene rings is 1. The maximum absolute atomic E-state index is 12.1. The number of hydrogen-bond acceptors (Lipinski definition) is 7. The zero-order valence-electron chi connectivity index (χ0n) is 13.8. The summed E-state index contributed by atoms with van der Waals surface area (Å²) in [6.07, 6.45) is 0.453. The van der Waals surface area contributed by atoms with Crippen LogP contribution >= 0.6 is 27.3 Å². The van der Waals surface area contributed by atoms with E-state index in [9.17, 15) is 18.0 Å². The average molecular weight is 462 g/mol. The summed E-state index contributed by atoms with van der Waals surface area (Å²) < 4.78 is 30.7. The normalized spacial score (nSPS) is 18.6. The highest BCUT2D eigenvalue weighted by Gasteiger charge is 2.31. The fraction of sp³-hybridized carbons (Fsp3) is 0.400. The van der Waals surface area contributed by atoms with Crippen LogP contribution in [0, 0.1) is 6.92 Å². The molecule has 0 radical (unpaired) electrons. The lowest BCUT2D eigenvalue weighted by Crippen LogP contribution is -2.24. The predicted octanol–water partition coefficient (Wildman–Crippen LogP) is 2.17. The van der Waals surface area contributed by atoms with Crippen molar-refractivity contribution >= 4 is 54.8 Å². The van der Waals surface area contributed by atoms with Crippen molar-refractivity contribution in [3.05, 3.63) is 32.6 Å². The third-order valence-electron chi connectivity index (χ3n) is 3.79. The highest BCUT2D eigenvalue weighted by atomic mass is 79.9. The van der Waals surface area contributed by atoms with E-state index in [1.165, 1.54) is 16.0 Å². The maximum Gasteiger partial charge on any atom is 0.348 e. The molecule has 26 heavy (non-hydrogen) atoms. The summed E-state index contributed by atoms with van der Waals surface area (Å²) in [5, 5.41) is 6.91. The molecule has 1 aliphatic rings. The number of carbonyl (C=O) groups is 2. The number of nitrogens with zero attached hydrogens (tertiary/aromatic N) is 2. The number of aromatic nitrogens is 2. The minimum absolute atomic E-state index is 0.000762. The fourth-order valence-corrected chi connectivity index (χ4v) is 5.63. The average Bonchev–Trinajstić information content (AvgIpc) is 3.24. The third-order valence-corrected chi connectivity index (χ3v) is 7.14. The van der Waals surface area contributed by atoms with Gasteiger partial charge < -0.3 is 10.1 Å². The molecule has 8 nitrogen and oxygen atoms in total. The summed E-state index contributed by atoms with van der Waals surface area (Å²) in [5.74, 6) is -0.597. The Balaban J connectivity index is 1.62. The minimum atomic E-state index is -3.08. The number of sulfone groups is 1. The molecule has 0 bridgehead atoms. The van der Waals surface area contributed by atoms with E-state index in [-0.39, 0.29) is 17.5 Å². The van der Waals surface area contributed by atoms with Gasteiger partial charge in [0.05, 0.1) is 27.0 Å². The van der Waals surface area contributed by atoms with E-state index in [0.717, 1.165) is 3.79 Å². The van der Waals surface area contributed by atoms with Gasteiger partial charge in [0, 0.05) is 6.07 Å². The van der Waals surface area contributed by atoms with E-state index in [1.807, 2.05) is 0 Å². The lowest BCUT2D eigenvalue weighted by atomic mass is 10.3. The third kappa shape index (κ3) is 4.51. The van der Waals surface area contributed by atoms with E-state index in [2.05, 4.69) is 26.3 Å². The lowest BCUT2D eigenvalue weighted by Gasteiger charge is -2.13. The maximum atomic E-state index is 12.1. The van der Waals surface area contributed by atoms with Gasteiger partial charge in [-0.1, -0.05) is 0 Å². The van der Waals surface area contributed by atoms with E-state index >= 15 is 0 Å². The number of aryl methyl sites for hydroxylation is 1. The zero-order chi connectivity index (χ0) is 18.9. The first kappa shape index (κ1) is 19.1. The van der Waals surface area contributed by atoms with Gasteiger partial charge in [-0.15, -0.1) is 11.3 Å². The van der Waals surface area contributed by atoms with Gasteiger partial charge in [0.1, 0.15) is 10.7 Å². The Labute approximate surface area is 162 Å². The van der Waals surface area contributed by atoms with Crippen molar-refractivity contribution < 1.29 is 22.7 Å². The standard InChI is InChI=1S/C15H16BrN3O5S2/c1-9-6-13(19(18-9)10-4-5-26(22,23)8-10)17-14(20)7-24-15(21)11-2-3-12(16)25-11/h2-3,6,10H,4-5,7-8H2,1H3,(H,17,20). The first-order valence-electron chi connectivity index (χ1n) is 7.72. The number of nitrogens with one attached hydrogen (secondary N) is 1. The van der Waals surface area contributed by atoms with E-state index in [0.29, 0.717) is 22.8 Å². The van der Waals surface area contributed by atoms with Crippen LogP contribution in [0.4, 0.5) is 5.82 Å². The van der Waals surface area contributed by atoms with Gasteiger partial charge in [0.15, 0.2) is 16.4 Å². The van der Waals surface area contributed by atoms with E-state index < -0.39 is 28.3 Å². The van der Waals surface area contributed by atoms with Crippen molar-refractivity contribution in [2.45, 2.75) is 19.4 Å². The molecular weight excluding hydrogens is 446 g/mol. The molecule has 140 valence electrons. The van der Waals surface area contributed by atoms with Crippen molar-refractivity contribution in [1.82, 2.24) is 9.78 Å². The molecule has 1 saturated heterocycles. The number of rotatable bonds is 5. The molecule has 0 saturated carbocycles. The van der Waals surface area contributed by atoms with Crippen LogP contribution in [0.15, 0.2) is 22.0 Å². The van der Waals surface area contributed by atoms with Crippen LogP contribution in [0.25, 0.3) is 0 Å².